The van der Waals surface area contributed by atoms with Crippen LogP contribution in [0.25, 0.3) is 0 Å². The van der Waals surface area contributed by atoms with Crippen LogP contribution in [-0.4, -0.2) is 16.1 Å². The second kappa shape index (κ2) is 2.52. The summed E-state index contributed by atoms with van der Waals surface area (Å²) in [6.07, 6.45) is 0. The summed E-state index contributed by atoms with van der Waals surface area (Å²) in [6.45, 7) is 1.85. The van der Waals surface area contributed by atoms with E-state index in [0.29, 0.717) is 5.56 Å². The third kappa shape index (κ3) is 0.932. The number of hydrogen-bond donors (Lipinski definition) is 1. The first kappa shape index (κ1) is 7.68. The van der Waals surface area contributed by atoms with Crippen molar-refractivity contribution in [2.45, 2.75) is 17.1 Å². The van der Waals surface area contributed by atoms with Crippen LogP contribution in [-0.2, 0) is 0 Å². The van der Waals surface area contributed by atoms with Gasteiger partial charge in [0.15, 0.2) is 5.78 Å². The van der Waals surface area contributed by atoms with Crippen LogP contribution in [0.5, 0.6) is 5.75 Å². The van der Waals surface area contributed by atoms with E-state index in [4.69, 9.17) is 0 Å². The molecule has 1 unspecified atom stereocenters. The Morgan fingerprint density at radius 3 is 2.92 bits per heavy atom. The minimum absolute atomic E-state index is 0.0479. The maximum Gasteiger partial charge on any atom is 0.177 e. The van der Waals surface area contributed by atoms with Gasteiger partial charge in [0.2, 0.25) is 0 Å². The number of rotatable bonds is 0. The minimum atomic E-state index is -0.0479. The molecule has 0 bridgehead atoms. The van der Waals surface area contributed by atoms with E-state index in [-0.39, 0.29) is 16.8 Å². The summed E-state index contributed by atoms with van der Waals surface area (Å²) in [6, 6.07) is 5.07. The molecule has 12 heavy (non-hydrogen) atoms. The zero-order valence-corrected chi connectivity index (χ0v) is 7.39. The molecule has 0 spiro atoms. The van der Waals surface area contributed by atoms with Gasteiger partial charge in [-0.25, -0.2) is 0 Å². The maximum absolute atomic E-state index is 11.4. The molecular formula is C9H8O2S. The Balaban J connectivity index is 2.61. The lowest BCUT2D eigenvalue weighted by Crippen LogP contribution is -2.05. The predicted molar refractivity (Wildman–Crippen MR) is 47.8 cm³/mol. The van der Waals surface area contributed by atoms with Crippen molar-refractivity contribution < 1.29 is 9.90 Å². The molecule has 1 N–H and O–H groups in total. The third-order valence-corrected chi connectivity index (χ3v) is 3.16. The fourth-order valence-electron chi connectivity index (χ4n) is 1.29. The van der Waals surface area contributed by atoms with Gasteiger partial charge in [0.05, 0.1) is 10.1 Å². The number of hydrogen-bond acceptors (Lipinski definition) is 3. The summed E-state index contributed by atoms with van der Waals surface area (Å²) in [7, 11) is 0. The van der Waals surface area contributed by atoms with Crippen LogP contribution in [0.15, 0.2) is 23.1 Å². The molecule has 3 heteroatoms. The van der Waals surface area contributed by atoms with Crippen LogP contribution in [0, 0.1) is 0 Å². The van der Waals surface area contributed by atoms with Crippen molar-refractivity contribution in [3.63, 3.8) is 0 Å². The number of ketones is 1. The summed E-state index contributed by atoms with van der Waals surface area (Å²) < 4.78 is 0. The second-order valence-corrected chi connectivity index (χ2v) is 4.13. The molecule has 0 radical (unpaired) electrons. The largest absolute Gasteiger partial charge is 0.507 e. The van der Waals surface area contributed by atoms with Gasteiger partial charge in [0.1, 0.15) is 5.75 Å². The van der Waals surface area contributed by atoms with Crippen molar-refractivity contribution >= 4 is 17.5 Å². The highest BCUT2D eigenvalue weighted by Gasteiger charge is 2.29. The Kier molecular flexibility index (Phi) is 1.61. The van der Waals surface area contributed by atoms with Crippen molar-refractivity contribution in [3.8, 4) is 5.75 Å². The third-order valence-electron chi connectivity index (χ3n) is 1.92. The molecular weight excluding hydrogens is 172 g/mol. The molecule has 0 aliphatic carbocycles. The van der Waals surface area contributed by atoms with Gasteiger partial charge in [0, 0.05) is 5.56 Å². The molecule has 1 aliphatic heterocycles. The quantitative estimate of drug-likeness (QED) is 0.664. The molecule has 0 fully saturated rings. The number of thioether (sulfide) groups is 1. The fraction of sp³-hybridized carbons (Fsp3) is 0.222. The summed E-state index contributed by atoms with van der Waals surface area (Å²) in [5.74, 6) is 0.334. The number of fused-ring (bicyclic) bond motifs is 1. The normalized spacial score (nSPS) is 21.1. The Bertz CT molecular complexity index is 346. The van der Waals surface area contributed by atoms with Crippen molar-refractivity contribution in [1.29, 1.82) is 0 Å². The molecule has 2 nitrogen and oxygen atoms in total. The standard InChI is InChI=1S/C9H8O2S/c1-5-8(11)6-3-2-4-7(10)9(6)12-5/h2-5,10H,1H3. The summed E-state index contributed by atoms with van der Waals surface area (Å²) in [5.41, 5.74) is 0.660. The van der Waals surface area contributed by atoms with Gasteiger partial charge >= 0.3 is 0 Å². The number of phenolic OH excluding ortho intramolecular Hbond substituents is 1. The van der Waals surface area contributed by atoms with Crippen LogP contribution < -0.4 is 0 Å². The molecule has 1 aromatic carbocycles. The molecule has 0 saturated heterocycles. The summed E-state index contributed by atoms with van der Waals surface area (Å²) >= 11 is 1.43. The first-order valence-corrected chi connectivity index (χ1v) is 4.61. The molecule has 2 rings (SSSR count). The Labute approximate surface area is 74.6 Å². The highest BCUT2D eigenvalue weighted by atomic mass is 32.2. The van der Waals surface area contributed by atoms with E-state index in [1.54, 1.807) is 18.2 Å². The second-order valence-electron chi connectivity index (χ2n) is 2.78. The molecule has 1 aliphatic rings. The van der Waals surface area contributed by atoms with E-state index in [0.717, 1.165) is 4.90 Å². The molecule has 0 saturated carbocycles. The van der Waals surface area contributed by atoms with Crippen molar-refractivity contribution in [2.75, 3.05) is 0 Å². The summed E-state index contributed by atoms with van der Waals surface area (Å²) in [5, 5.41) is 9.35. The molecule has 1 atom stereocenters. The first-order valence-electron chi connectivity index (χ1n) is 3.73. The summed E-state index contributed by atoms with van der Waals surface area (Å²) in [4.78, 5) is 12.1. The minimum Gasteiger partial charge on any atom is -0.507 e. The van der Waals surface area contributed by atoms with E-state index in [2.05, 4.69) is 0 Å². The monoisotopic (exact) mass is 180 g/mol. The van der Waals surface area contributed by atoms with E-state index >= 15 is 0 Å². The van der Waals surface area contributed by atoms with Gasteiger partial charge in [0.25, 0.3) is 0 Å². The Morgan fingerprint density at radius 2 is 2.25 bits per heavy atom. The van der Waals surface area contributed by atoms with Gasteiger partial charge in [-0.1, -0.05) is 6.07 Å². The molecule has 62 valence electrons. The average Bonchev–Trinajstić information content (AvgIpc) is 2.32. The molecule has 0 amide bonds. The maximum atomic E-state index is 11.4. The smallest absolute Gasteiger partial charge is 0.177 e. The van der Waals surface area contributed by atoms with E-state index in [1.807, 2.05) is 6.92 Å². The van der Waals surface area contributed by atoms with Crippen LogP contribution in [0.1, 0.15) is 17.3 Å². The van der Waals surface area contributed by atoms with E-state index in [9.17, 15) is 9.90 Å². The lowest BCUT2D eigenvalue weighted by Gasteiger charge is -1.97. The number of phenols is 1. The SMILES string of the molecule is CC1Sc2c(O)cccc2C1=O. The topological polar surface area (TPSA) is 37.3 Å². The van der Waals surface area contributed by atoms with Crippen LogP contribution in [0.3, 0.4) is 0 Å². The van der Waals surface area contributed by atoms with Gasteiger partial charge in [-0.3, -0.25) is 4.79 Å². The van der Waals surface area contributed by atoms with Crippen LogP contribution in [0.2, 0.25) is 0 Å². The van der Waals surface area contributed by atoms with Gasteiger partial charge in [-0.15, -0.1) is 11.8 Å². The van der Waals surface area contributed by atoms with Crippen molar-refractivity contribution in [1.82, 2.24) is 0 Å². The van der Waals surface area contributed by atoms with Crippen molar-refractivity contribution in [2.24, 2.45) is 0 Å². The fourth-order valence-corrected chi connectivity index (χ4v) is 2.36. The predicted octanol–water partition coefficient (Wildman–Crippen LogP) is 2.07. The van der Waals surface area contributed by atoms with Crippen LogP contribution >= 0.6 is 11.8 Å². The Hall–Kier alpha value is -0.960. The lowest BCUT2D eigenvalue weighted by molar-refractivity contribution is 0.0995. The van der Waals surface area contributed by atoms with Gasteiger partial charge in [-0.2, -0.15) is 0 Å². The highest BCUT2D eigenvalue weighted by molar-refractivity contribution is 8.01. The number of Topliss-reactive ketones (excluding diaryl/α,β-unsaturated/α-hetero) is 1. The van der Waals surface area contributed by atoms with Gasteiger partial charge < -0.3 is 5.11 Å². The Morgan fingerprint density at radius 1 is 1.50 bits per heavy atom. The lowest BCUT2D eigenvalue weighted by atomic mass is 10.1. The zero-order chi connectivity index (χ0) is 8.72. The number of benzene rings is 1. The van der Waals surface area contributed by atoms with Gasteiger partial charge in [-0.05, 0) is 19.1 Å². The molecule has 0 aromatic heterocycles. The number of aromatic hydroxyl groups is 1. The van der Waals surface area contributed by atoms with Crippen LogP contribution in [0.4, 0.5) is 0 Å². The zero-order valence-electron chi connectivity index (χ0n) is 6.57. The molecule has 1 heterocycles. The highest BCUT2D eigenvalue weighted by Crippen LogP contribution is 2.41. The van der Waals surface area contributed by atoms with E-state index < -0.39 is 0 Å². The number of carbonyl (C=O) groups is 1. The first-order chi connectivity index (χ1) is 5.70. The number of carbonyl (C=O) groups excluding carboxylic acids is 1. The average molecular weight is 180 g/mol. The van der Waals surface area contributed by atoms with Crippen molar-refractivity contribution in [3.05, 3.63) is 23.8 Å². The van der Waals surface area contributed by atoms with E-state index in [1.165, 1.54) is 11.8 Å². The molecule has 1 aromatic rings.